The van der Waals surface area contributed by atoms with Crippen LogP contribution >= 0.6 is 23.2 Å². The number of carboxylic acid groups (broad SMARTS) is 1. The summed E-state index contributed by atoms with van der Waals surface area (Å²) in [6, 6.07) is 18.5. The number of carbonyl (C=O) groups excluding carboxylic acids is 1. The number of nitrogens with one attached hydrogen (secondary N) is 3. The fourth-order valence-electron chi connectivity index (χ4n) is 15.7. The predicted molar refractivity (Wildman–Crippen MR) is 346 cm³/mol. The van der Waals surface area contributed by atoms with E-state index in [2.05, 4.69) is 54.6 Å². The summed E-state index contributed by atoms with van der Waals surface area (Å²) in [7, 11) is -8.12. The van der Waals surface area contributed by atoms with E-state index in [1.807, 2.05) is 4.72 Å². The van der Waals surface area contributed by atoms with E-state index in [4.69, 9.17) is 51.1 Å². The fourth-order valence-corrected chi connectivity index (χ4v) is 17.6. The third kappa shape index (κ3) is 14.4. The number of ether oxygens (including phenoxy) is 2. The number of pyridine rings is 4. The van der Waals surface area contributed by atoms with Gasteiger partial charge in [-0.1, -0.05) is 62.9 Å². The number of hydrogen-bond acceptors (Lipinski definition) is 16. The van der Waals surface area contributed by atoms with Crippen molar-refractivity contribution in [3.8, 4) is 23.4 Å². The van der Waals surface area contributed by atoms with Gasteiger partial charge in [0.25, 0.3) is 26.0 Å². The van der Waals surface area contributed by atoms with Crippen LogP contribution in [-0.4, -0.2) is 99.6 Å². The molecule has 0 radical (unpaired) electrons. The maximum absolute atomic E-state index is 13.1. The summed E-state index contributed by atoms with van der Waals surface area (Å²) >= 11 is 12.2. The molecule has 91 heavy (non-hydrogen) atoms. The summed E-state index contributed by atoms with van der Waals surface area (Å²) in [6.45, 7) is 2.03. The molecule has 8 aliphatic rings. The van der Waals surface area contributed by atoms with Gasteiger partial charge in [0.05, 0.1) is 24.3 Å². The zero-order valence-corrected chi connectivity index (χ0v) is 54.4. The molecule has 8 aliphatic carbocycles. The van der Waals surface area contributed by atoms with Crippen LogP contribution in [0.5, 0.6) is 11.8 Å². The van der Waals surface area contributed by atoms with Gasteiger partial charge in [-0.2, -0.15) is 8.42 Å². The van der Waals surface area contributed by atoms with Gasteiger partial charge in [-0.3, -0.25) is 4.79 Å². The Morgan fingerprint density at radius 1 is 0.615 bits per heavy atom. The van der Waals surface area contributed by atoms with E-state index >= 15 is 0 Å². The van der Waals surface area contributed by atoms with Gasteiger partial charge >= 0.3 is 5.97 Å². The molecule has 0 unspecified atom stereocenters. The first-order valence-electron chi connectivity index (χ1n) is 34.8. The zero-order valence-electron chi connectivity index (χ0n) is 57.3. The highest BCUT2D eigenvalue weighted by atomic mass is 35.5. The van der Waals surface area contributed by atoms with Crippen molar-refractivity contribution in [3.05, 3.63) is 107 Å². The minimum absolute atomic E-state index is 0.0264. The highest BCUT2D eigenvalue weighted by Crippen LogP contribution is 2.94. The number of sulfonamides is 2. The molecule has 6 N–H and O–H groups in total. The van der Waals surface area contributed by atoms with Gasteiger partial charge in [0.2, 0.25) is 11.8 Å². The minimum Gasteiger partial charge on any atom is -0.478 e. The lowest BCUT2D eigenvalue weighted by atomic mass is 9.89. The molecular formula is C66H84Cl2N12O9S2. The van der Waals surface area contributed by atoms with Crippen LogP contribution in [-0.2, 0) is 20.0 Å². The number of anilines is 2. The van der Waals surface area contributed by atoms with Crippen molar-refractivity contribution in [2.75, 3.05) is 36.9 Å². The first kappa shape index (κ1) is 57.3. The van der Waals surface area contributed by atoms with Crippen molar-refractivity contribution in [1.82, 2.24) is 44.2 Å². The average Bonchev–Trinajstić information content (AvgIpc) is 1.45. The molecule has 0 saturated heterocycles. The largest absolute Gasteiger partial charge is 0.478 e. The van der Waals surface area contributed by atoms with E-state index in [1.54, 1.807) is 48.8 Å². The predicted octanol–water partition coefficient (Wildman–Crippen LogP) is 12.7. The summed E-state index contributed by atoms with van der Waals surface area (Å²) in [4.78, 5) is 40.5. The number of nitrogens with two attached hydrogens (primary N) is 1. The van der Waals surface area contributed by atoms with E-state index in [1.165, 1.54) is 123 Å². The van der Waals surface area contributed by atoms with E-state index in [9.17, 15) is 26.4 Å². The van der Waals surface area contributed by atoms with Crippen molar-refractivity contribution in [2.24, 2.45) is 61.3 Å². The summed E-state index contributed by atoms with van der Waals surface area (Å²) in [5, 5.41) is 28.3. The first-order chi connectivity index (χ1) is 45.8. The lowest BCUT2D eigenvalue weighted by molar-refractivity contribution is 0.0696. The Labute approximate surface area is 551 Å². The number of halogens is 2. The summed E-state index contributed by atoms with van der Waals surface area (Å²) in [5.41, 5.74) is 1.32. The normalized spacial score (nSPS) is 23.0. The van der Waals surface area contributed by atoms with Crippen LogP contribution in [0.4, 0.5) is 11.6 Å². The maximum atomic E-state index is 13.1. The van der Waals surface area contributed by atoms with E-state index in [-0.39, 0.29) is 56.1 Å². The van der Waals surface area contributed by atoms with Crippen molar-refractivity contribution in [1.29, 1.82) is 0 Å². The van der Waals surface area contributed by atoms with Gasteiger partial charge in [0, 0.05) is 45.8 Å². The van der Waals surface area contributed by atoms with E-state index in [0.29, 0.717) is 95.3 Å². The van der Waals surface area contributed by atoms with Gasteiger partial charge in [-0.15, -0.1) is 10.2 Å². The Morgan fingerprint density at radius 3 is 1.49 bits per heavy atom. The number of aromatic carboxylic acids is 1. The Kier molecular flexibility index (Phi) is 15.8. The van der Waals surface area contributed by atoms with Gasteiger partial charge < -0.3 is 25.2 Å². The molecule has 14 rings (SSSR count). The van der Waals surface area contributed by atoms with Crippen LogP contribution in [0.2, 0.25) is 10.3 Å². The quantitative estimate of drug-likeness (QED) is 0.0263. The van der Waals surface area contributed by atoms with Crippen molar-refractivity contribution in [3.63, 3.8) is 0 Å². The van der Waals surface area contributed by atoms with Gasteiger partial charge in [0.1, 0.15) is 21.9 Å². The summed E-state index contributed by atoms with van der Waals surface area (Å²) in [5.74, 6) is 2.97. The molecule has 0 bridgehead atoms. The van der Waals surface area contributed by atoms with Crippen LogP contribution in [0.1, 0.15) is 185 Å². The Hall–Kier alpha value is -6.40. The molecule has 488 valence electrons. The van der Waals surface area contributed by atoms with Crippen molar-refractivity contribution in [2.45, 2.75) is 166 Å². The molecule has 8 fully saturated rings. The first-order valence-corrected chi connectivity index (χ1v) is 35.6. The molecule has 21 nitrogen and oxygen atoms in total. The monoisotopic (exact) mass is 1330 g/mol. The second-order valence-electron chi connectivity index (χ2n) is 27.3. The van der Waals surface area contributed by atoms with Gasteiger partial charge in [-0.05, 0) is 233 Å². The zero-order chi connectivity index (χ0) is 69.2. The summed E-state index contributed by atoms with van der Waals surface area (Å²) < 4.78 is 113. The molecular weight excluding hydrogens is 1240 g/mol. The topological polar surface area (TPSA) is 290 Å². The highest BCUT2D eigenvalue weighted by Gasteiger charge is 2.86. The maximum Gasteiger partial charge on any atom is 0.338 e. The molecule has 6 aromatic rings. The number of hydrogen-bond donors (Lipinski definition) is 5. The summed E-state index contributed by atoms with van der Waals surface area (Å²) in [6.07, 6.45) is 24.9. The van der Waals surface area contributed by atoms with Crippen molar-refractivity contribution >= 4 is 66.8 Å². The number of primary sulfonamides is 1. The minimum atomic E-state index is -4.39. The molecule has 8 saturated carbocycles. The Balaban J connectivity index is 0.000000160. The smallest absolute Gasteiger partial charge is 0.338 e. The number of fused-ring (bicyclic) bond motifs is 2. The standard InChI is InChI=1S/C33H41ClN6O4S.C18H18ClN3O3.C15H25N3O2S/c1-31(2)13-10-22(21-31)5-4-18-35-25-6-3-7-28(36-25)45(42,43)39-30(41)23-8-9-26(37-29(23)34)40-19-11-27(38-40)44-20-12-24-32(14-15-32)33(24)16-17-33;19-15-11(16(23)24)1-2-13(20-15)22-9-3-14(21-22)25-10-4-12-17(5-6-17)18(12)7-8-18;1-15(2)9-8-12(11-15)5-4-10-17-13-6-3-7-14(18-13)21(16,19)20/h3,6-9,11,19,22,24H,4-5,10,12-18,20-21H2,1-2H3,(H,35,36)(H,39,41);1-3,9,12H,4-8,10H2,(H,23,24);3,6-7,12H,4-5,8-11H2,1-2H3,(H,17,18)(H2,16,19,20)/t22-;;12-/m1.1/s1/i1D3,2D3;;. The lowest BCUT2D eigenvalue weighted by Crippen LogP contribution is -2.31. The Bertz CT molecular complexity index is 4110. The van der Waals surface area contributed by atoms with Crippen LogP contribution in [0.25, 0.3) is 11.6 Å². The van der Waals surface area contributed by atoms with Crippen LogP contribution in [0.15, 0.2) is 95.2 Å². The average molecular weight is 1330 g/mol. The SMILES string of the molecule is CC1(C)CC[C@@H](CCCNc2cccc(S(N)(=O)=O)n2)C1.O=C(O)c1ccc(-n2ccc(OCCC3C4(CC4)C34CC4)n2)nc1Cl.[2H]C([2H])([2H])C1(C([2H])([2H])[2H])CC[C@@H](CCCNc2cccc(S(=O)(=O)NC(=O)c3ccc(-n4ccc(OCCC5C6(CC6)C56CC6)n4)nc3Cl)n2)C1. The Morgan fingerprint density at radius 2 is 1.07 bits per heavy atom. The molecule has 25 heteroatoms. The third-order valence-electron chi connectivity index (χ3n) is 20.8. The number of carbonyl (C=O) groups is 2. The van der Waals surface area contributed by atoms with Crippen LogP contribution < -0.4 is 30.0 Å². The fraction of sp³-hybridized carbons (Fsp3) is 0.576. The van der Waals surface area contributed by atoms with Gasteiger partial charge in [-0.25, -0.2) is 52.4 Å². The van der Waals surface area contributed by atoms with E-state index < -0.39 is 51.0 Å². The van der Waals surface area contributed by atoms with Crippen LogP contribution in [0, 0.1) is 56.2 Å². The molecule has 6 aromatic heterocycles. The van der Waals surface area contributed by atoms with Crippen molar-refractivity contribution < 1.29 is 49.2 Å². The molecule has 0 aliphatic heterocycles. The molecule has 4 spiro atoms. The van der Waals surface area contributed by atoms with Gasteiger partial charge in [0.15, 0.2) is 21.7 Å². The molecule has 6 heterocycles. The number of rotatable bonds is 25. The highest BCUT2D eigenvalue weighted by molar-refractivity contribution is 7.90. The molecule has 0 aromatic carbocycles. The molecule has 2 atom stereocenters. The number of carboxylic acids is 1. The lowest BCUT2D eigenvalue weighted by Gasteiger charge is -2.17. The number of aromatic nitrogens is 8. The van der Waals surface area contributed by atoms with E-state index in [0.717, 1.165) is 43.6 Å². The third-order valence-corrected chi connectivity index (χ3v) is 23.4. The number of nitrogens with zero attached hydrogens (tertiary/aromatic N) is 8. The second-order valence-corrected chi connectivity index (χ2v) is 31.2. The molecule has 1 amide bonds. The second kappa shape index (κ2) is 25.1. The number of amides is 1. The van der Waals surface area contributed by atoms with Crippen LogP contribution in [0.3, 0.4) is 0 Å².